The number of benzene rings is 2. The van der Waals surface area contributed by atoms with E-state index >= 15 is 0 Å². The normalized spacial score (nSPS) is 20.2. The largest absolute Gasteiger partial charge is 0.493 e. The molecule has 12 nitrogen and oxygen atoms in total. The maximum absolute atomic E-state index is 12.3. The average molecular weight is 801 g/mol. The van der Waals surface area contributed by atoms with Crippen LogP contribution in [0.3, 0.4) is 0 Å². The molecule has 0 spiro atoms. The van der Waals surface area contributed by atoms with Crippen molar-refractivity contribution in [3.05, 3.63) is 95.3 Å². The van der Waals surface area contributed by atoms with Gasteiger partial charge in [-0.2, -0.15) is 0 Å². The number of piperazine rings is 2. The molecule has 4 aliphatic rings. The molecule has 0 N–H and O–H groups in total. The number of nitrogens with zero attached hydrogens (tertiary/aromatic N) is 8. The fourth-order valence-corrected chi connectivity index (χ4v) is 9.32. The fourth-order valence-electron chi connectivity index (χ4n) is 7.76. The van der Waals surface area contributed by atoms with Crippen molar-refractivity contribution >= 4 is 31.1 Å². The highest BCUT2D eigenvalue weighted by Crippen LogP contribution is 2.33. The molecule has 0 radical (unpaired) electrons. The molecule has 0 saturated carbocycles. The van der Waals surface area contributed by atoms with Gasteiger partial charge in [-0.3, -0.25) is 9.80 Å². The highest BCUT2D eigenvalue weighted by Gasteiger charge is 2.26. The number of pyridine rings is 2. The highest BCUT2D eigenvalue weighted by molar-refractivity contribution is 7.93. The Labute approximate surface area is 333 Å². The van der Waals surface area contributed by atoms with Gasteiger partial charge in [0.25, 0.3) is 0 Å². The Morgan fingerprint density at radius 3 is 1.32 bits per heavy atom. The van der Waals surface area contributed by atoms with Crippen LogP contribution >= 0.6 is 0 Å². The summed E-state index contributed by atoms with van der Waals surface area (Å²) in [6.07, 6.45) is 8.73. The first-order valence-electron chi connectivity index (χ1n) is 19.6. The molecule has 4 atom stereocenters. The number of fused-ring (bicyclic) bond motifs is 2. The van der Waals surface area contributed by atoms with E-state index in [4.69, 9.17) is 9.47 Å². The van der Waals surface area contributed by atoms with Crippen molar-refractivity contribution in [3.63, 3.8) is 0 Å². The third-order valence-electron chi connectivity index (χ3n) is 11.8. The van der Waals surface area contributed by atoms with Gasteiger partial charge in [-0.1, -0.05) is 24.3 Å². The first kappa shape index (κ1) is 40.0. The van der Waals surface area contributed by atoms with E-state index in [1.54, 1.807) is 39.0 Å². The zero-order chi connectivity index (χ0) is 39.5. The van der Waals surface area contributed by atoms with Gasteiger partial charge in [-0.15, -0.1) is 0 Å². The van der Waals surface area contributed by atoms with Crippen LogP contribution in [0.25, 0.3) is 0 Å². The van der Waals surface area contributed by atoms with Crippen molar-refractivity contribution in [2.45, 2.75) is 48.6 Å². The number of ether oxygens (including phenoxy) is 2. The topological polar surface area (TPSA) is 116 Å². The number of rotatable bonds is 8. The minimum atomic E-state index is -2.33. The van der Waals surface area contributed by atoms with Crippen LogP contribution in [-0.4, -0.2) is 120 Å². The van der Waals surface area contributed by atoms with Gasteiger partial charge in [-0.25, -0.2) is 27.1 Å². The van der Waals surface area contributed by atoms with Gasteiger partial charge in [0.15, 0.2) is 0 Å². The van der Waals surface area contributed by atoms with E-state index in [1.807, 2.05) is 24.3 Å². The van der Waals surface area contributed by atoms with E-state index in [2.05, 4.69) is 88.5 Å². The molecule has 14 heteroatoms. The molecule has 2 saturated heterocycles. The molecule has 8 rings (SSSR count). The average Bonchev–Trinajstić information content (AvgIpc) is 3.93. The van der Waals surface area contributed by atoms with Gasteiger partial charge in [0.05, 0.1) is 42.5 Å². The molecule has 2 fully saturated rings. The van der Waals surface area contributed by atoms with Gasteiger partial charge in [0.1, 0.15) is 23.1 Å². The van der Waals surface area contributed by atoms with Crippen molar-refractivity contribution in [3.8, 4) is 11.5 Å². The summed E-state index contributed by atoms with van der Waals surface area (Å²) in [7, 11) is -1.48. The lowest BCUT2D eigenvalue weighted by Crippen LogP contribution is -2.47. The smallest absolute Gasteiger partial charge is 0.128 e. The minimum Gasteiger partial charge on any atom is -0.493 e. The first-order valence-corrected chi connectivity index (χ1v) is 23.4. The maximum Gasteiger partial charge on any atom is 0.128 e. The summed E-state index contributed by atoms with van der Waals surface area (Å²) in [6, 6.07) is 21.7. The van der Waals surface area contributed by atoms with Crippen LogP contribution < -0.4 is 19.3 Å². The van der Waals surface area contributed by atoms with Crippen LogP contribution in [-0.2, 0) is 32.3 Å². The molecule has 2 aromatic heterocycles. The Morgan fingerprint density at radius 1 is 0.589 bits per heavy atom. The lowest BCUT2D eigenvalue weighted by Gasteiger charge is -2.38. The summed E-state index contributed by atoms with van der Waals surface area (Å²) in [5, 5.41) is 0. The second-order valence-corrected chi connectivity index (χ2v) is 19.9. The maximum atomic E-state index is 12.3. The van der Waals surface area contributed by atoms with E-state index in [9.17, 15) is 8.42 Å². The molecular weight excluding hydrogens is 745 g/mol. The number of aromatic nitrogens is 2. The number of hydrogen-bond donors (Lipinski definition) is 0. The van der Waals surface area contributed by atoms with Crippen molar-refractivity contribution in [2.75, 3.05) is 102 Å². The van der Waals surface area contributed by atoms with Crippen LogP contribution in [0.15, 0.2) is 91.6 Å². The molecule has 2 unspecified atom stereocenters. The van der Waals surface area contributed by atoms with E-state index in [0.29, 0.717) is 21.9 Å². The summed E-state index contributed by atoms with van der Waals surface area (Å²) in [5.41, 5.74) is 5.28. The summed E-state index contributed by atoms with van der Waals surface area (Å²) < 4.78 is 44.1. The minimum absolute atomic E-state index is 0.364. The third kappa shape index (κ3) is 8.83. The Bertz CT molecular complexity index is 2080. The van der Waals surface area contributed by atoms with Crippen LogP contribution in [0, 0.1) is 0 Å². The summed E-state index contributed by atoms with van der Waals surface area (Å²) in [6.45, 7) is 13.8. The van der Waals surface area contributed by atoms with Gasteiger partial charge in [0.2, 0.25) is 0 Å². The molecule has 300 valence electrons. The molecule has 2 aromatic carbocycles. The fraction of sp³-hybridized carbons (Fsp3) is 0.476. The van der Waals surface area contributed by atoms with E-state index < -0.39 is 19.5 Å². The Balaban J connectivity index is 0.000000172. The molecule has 56 heavy (non-hydrogen) atoms. The van der Waals surface area contributed by atoms with E-state index in [1.165, 1.54) is 22.3 Å². The SMILES string of the molecule is CN=S(C)(=O)c1ccc(N2CCN([C@@H](C)c3ccc4c(c3)OCC4)CC2)nc1.CN=S(C)(=O)c1ccc(N2CCN([C@H](C)c3ccc4c(c3)OCC4)CC2)nc1. The Morgan fingerprint density at radius 2 is 0.982 bits per heavy atom. The van der Waals surface area contributed by atoms with Gasteiger partial charge in [-0.05, 0) is 72.5 Å². The molecule has 6 heterocycles. The van der Waals surface area contributed by atoms with Gasteiger partial charge < -0.3 is 19.3 Å². The molecular formula is C42H56N8O4S2. The molecule has 0 aliphatic carbocycles. The Kier molecular flexibility index (Phi) is 12.2. The monoisotopic (exact) mass is 800 g/mol. The van der Waals surface area contributed by atoms with Crippen LogP contribution in [0.4, 0.5) is 11.6 Å². The standard InChI is InChI=1S/2C21H28N4O2S/c2*1-16(18-5-4-17-8-13-27-20(17)14-18)24-9-11-25(12-10-24)21-7-6-19(15-23-21)28(3,26)22-2/h2*4-7,14-16H,8-13H2,1-3H3/t2*16-,28?/m10/s1. The van der Waals surface area contributed by atoms with Crippen LogP contribution in [0.1, 0.15) is 48.2 Å². The quantitative estimate of drug-likeness (QED) is 0.211. The summed E-state index contributed by atoms with van der Waals surface area (Å²) in [4.78, 5) is 20.0. The summed E-state index contributed by atoms with van der Waals surface area (Å²) in [5.74, 6) is 3.98. The van der Waals surface area contributed by atoms with Crippen molar-refractivity contribution in [1.29, 1.82) is 0 Å². The van der Waals surface area contributed by atoms with Crippen LogP contribution in [0.2, 0.25) is 0 Å². The predicted octanol–water partition coefficient (Wildman–Crippen LogP) is 5.97. The van der Waals surface area contributed by atoms with Gasteiger partial charge >= 0.3 is 0 Å². The Hall–Kier alpha value is -4.24. The zero-order valence-electron chi connectivity index (χ0n) is 33.6. The van der Waals surface area contributed by atoms with E-state index in [-0.39, 0.29) is 0 Å². The van der Waals surface area contributed by atoms with Crippen molar-refractivity contribution in [1.82, 2.24) is 19.8 Å². The lowest BCUT2D eigenvalue weighted by atomic mass is 10.0. The third-order valence-corrected chi connectivity index (χ3v) is 15.4. The highest BCUT2D eigenvalue weighted by atomic mass is 32.2. The molecule has 4 aliphatic heterocycles. The van der Waals surface area contributed by atoms with Crippen molar-refractivity contribution in [2.24, 2.45) is 8.73 Å². The van der Waals surface area contributed by atoms with Crippen LogP contribution in [0.5, 0.6) is 11.5 Å². The molecule has 0 bridgehead atoms. The second kappa shape index (κ2) is 17.1. The lowest BCUT2D eigenvalue weighted by molar-refractivity contribution is 0.198. The predicted molar refractivity (Wildman–Crippen MR) is 226 cm³/mol. The first-order chi connectivity index (χ1) is 27.0. The van der Waals surface area contributed by atoms with E-state index in [0.717, 1.165) is 102 Å². The van der Waals surface area contributed by atoms with Crippen molar-refractivity contribution < 1.29 is 17.9 Å². The second-order valence-electron chi connectivity index (χ2n) is 15.0. The van der Waals surface area contributed by atoms with Gasteiger partial charge in [0, 0.05) is 116 Å². The number of anilines is 2. The zero-order valence-corrected chi connectivity index (χ0v) is 35.2. The molecule has 4 aromatic rings. The summed E-state index contributed by atoms with van der Waals surface area (Å²) >= 11 is 0. The molecule has 0 amide bonds. The number of hydrogen-bond acceptors (Lipinski definition) is 12.